The standard InChI is InChI=1S/C12H12FNO4/c13-11-7-10(4-5-12(11)14(16)17)18-9-3-1-2-8(15)6-9/h4-5,7,9H,1-3,6H2. The third-order valence-corrected chi connectivity index (χ3v) is 2.86. The van der Waals surface area contributed by atoms with Crippen LogP contribution in [-0.2, 0) is 4.79 Å². The molecule has 1 atom stereocenters. The molecule has 18 heavy (non-hydrogen) atoms. The molecule has 0 aromatic heterocycles. The monoisotopic (exact) mass is 253 g/mol. The van der Waals surface area contributed by atoms with Crippen LogP contribution in [0, 0.1) is 15.9 Å². The lowest BCUT2D eigenvalue weighted by Crippen LogP contribution is -2.25. The van der Waals surface area contributed by atoms with E-state index in [1.54, 1.807) is 0 Å². The first-order valence-corrected chi connectivity index (χ1v) is 5.68. The fraction of sp³-hybridized carbons (Fsp3) is 0.417. The fourth-order valence-corrected chi connectivity index (χ4v) is 1.99. The highest BCUT2D eigenvalue weighted by atomic mass is 19.1. The maximum absolute atomic E-state index is 13.3. The maximum Gasteiger partial charge on any atom is 0.305 e. The van der Waals surface area contributed by atoms with Gasteiger partial charge in [-0.15, -0.1) is 0 Å². The van der Waals surface area contributed by atoms with E-state index in [-0.39, 0.29) is 17.6 Å². The second kappa shape index (κ2) is 5.12. The number of ketones is 1. The number of hydrogen-bond acceptors (Lipinski definition) is 4. The number of rotatable bonds is 3. The van der Waals surface area contributed by atoms with Crippen molar-refractivity contribution in [3.05, 3.63) is 34.1 Å². The molecule has 0 N–H and O–H groups in total. The number of Topliss-reactive ketones (excluding diaryl/α,β-unsaturated/α-hetero) is 1. The molecule has 1 aliphatic carbocycles. The summed E-state index contributed by atoms with van der Waals surface area (Å²) in [6.45, 7) is 0. The summed E-state index contributed by atoms with van der Waals surface area (Å²) in [7, 11) is 0. The number of ether oxygens (including phenoxy) is 1. The van der Waals surface area contributed by atoms with Crippen molar-refractivity contribution in [2.75, 3.05) is 0 Å². The molecule has 1 unspecified atom stereocenters. The Morgan fingerprint density at radius 1 is 1.44 bits per heavy atom. The van der Waals surface area contributed by atoms with Gasteiger partial charge in [0.05, 0.1) is 4.92 Å². The SMILES string of the molecule is O=C1CCCC(Oc2ccc([N+](=O)[O-])c(F)c2)C1. The van der Waals surface area contributed by atoms with E-state index in [9.17, 15) is 19.3 Å². The van der Waals surface area contributed by atoms with Crippen LogP contribution in [0.4, 0.5) is 10.1 Å². The van der Waals surface area contributed by atoms with E-state index < -0.39 is 16.4 Å². The first-order chi connectivity index (χ1) is 8.56. The van der Waals surface area contributed by atoms with Crippen LogP contribution in [0.25, 0.3) is 0 Å². The van der Waals surface area contributed by atoms with Crippen molar-refractivity contribution in [3.8, 4) is 5.75 Å². The number of halogens is 1. The van der Waals surface area contributed by atoms with E-state index in [0.29, 0.717) is 12.8 Å². The van der Waals surface area contributed by atoms with E-state index in [4.69, 9.17) is 4.74 Å². The zero-order valence-electron chi connectivity index (χ0n) is 9.60. The highest BCUT2D eigenvalue weighted by Gasteiger charge is 2.22. The van der Waals surface area contributed by atoms with Crippen molar-refractivity contribution in [1.82, 2.24) is 0 Å². The minimum atomic E-state index is -0.931. The molecule has 0 saturated heterocycles. The maximum atomic E-state index is 13.3. The highest BCUT2D eigenvalue weighted by molar-refractivity contribution is 5.79. The third kappa shape index (κ3) is 2.82. The molecule has 96 valence electrons. The molecule has 6 heteroatoms. The molecule has 0 heterocycles. The van der Waals surface area contributed by atoms with E-state index in [1.165, 1.54) is 6.07 Å². The smallest absolute Gasteiger partial charge is 0.305 e. The normalized spacial score (nSPS) is 19.6. The summed E-state index contributed by atoms with van der Waals surface area (Å²) in [5.41, 5.74) is -0.581. The number of benzene rings is 1. The van der Waals surface area contributed by atoms with Crippen LogP contribution in [0.5, 0.6) is 5.75 Å². The van der Waals surface area contributed by atoms with E-state index in [1.807, 2.05) is 0 Å². The number of nitro benzene ring substituents is 1. The van der Waals surface area contributed by atoms with Gasteiger partial charge >= 0.3 is 5.69 Å². The summed E-state index contributed by atoms with van der Waals surface area (Å²) in [4.78, 5) is 20.9. The molecule has 0 bridgehead atoms. The highest BCUT2D eigenvalue weighted by Crippen LogP contribution is 2.26. The van der Waals surface area contributed by atoms with Gasteiger partial charge in [-0.05, 0) is 18.9 Å². The number of carbonyl (C=O) groups is 1. The Morgan fingerprint density at radius 3 is 2.83 bits per heavy atom. The molecule has 2 rings (SSSR count). The van der Waals surface area contributed by atoms with Crippen molar-refractivity contribution in [3.63, 3.8) is 0 Å². The Labute approximate surface area is 103 Å². The van der Waals surface area contributed by atoms with Gasteiger partial charge in [0, 0.05) is 25.0 Å². The van der Waals surface area contributed by atoms with E-state index in [2.05, 4.69) is 0 Å². The van der Waals surface area contributed by atoms with Gasteiger partial charge in [0.25, 0.3) is 0 Å². The summed E-state index contributed by atoms with van der Waals surface area (Å²) >= 11 is 0. The molecule has 1 aromatic rings. The molecule has 1 aliphatic rings. The molecule has 0 spiro atoms. The first-order valence-electron chi connectivity index (χ1n) is 5.68. The van der Waals surface area contributed by atoms with Crippen molar-refractivity contribution in [2.45, 2.75) is 31.8 Å². The van der Waals surface area contributed by atoms with Crippen LogP contribution >= 0.6 is 0 Å². The van der Waals surface area contributed by atoms with Crippen LogP contribution in [0.3, 0.4) is 0 Å². The summed E-state index contributed by atoms with van der Waals surface area (Å²) < 4.78 is 18.8. The molecule has 1 saturated carbocycles. The van der Waals surface area contributed by atoms with Crippen LogP contribution in [0.15, 0.2) is 18.2 Å². The third-order valence-electron chi connectivity index (χ3n) is 2.86. The molecular weight excluding hydrogens is 241 g/mol. The van der Waals surface area contributed by atoms with Gasteiger partial charge in [-0.25, -0.2) is 0 Å². The Bertz CT molecular complexity index is 489. The lowest BCUT2D eigenvalue weighted by molar-refractivity contribution is -0.387. The quantitative estimate of drug-likeness (QED) is 0.613. The predicted molar refractivity (Wildman–Crippen MR) is 60.9 cm³/mol. The Morgan fingerprint density at radius 2 is 2.22 bits per heavy atom. The summed E-state index contributed by atoms with van der Waals surface area (Å²) in [6, 6.07) is 3.40. The van der Waals surface area contributed by atoms with E-state index in [0.717, 1.165) is 25.0 Å². The zero-order chi connectivity index (χ0) is 13.1. The molecule has 0 amide bonds. The number of nitro groups is 1. The Kier molecular flexibility index (Phi) is 3.55. The van der Waals surface area contributed by atoms with E-state index >= 15 is 0 Å². The molecule has 0 aliphatic heterocycles. The topological polar surface area (TPSA) is 69.4 Å². The number of carbonyl (C=O) groups excluding carboxylic acids is 1. The van der Waals surface area contributed by atoms with Gasteiger partial charge in [-0.1, -0.05) is 0 Å². The Hall–Kier alpha value is -1.98. The second-order valence-corrected chi connectivity index (χ2v) is 4.25. The van der Waals surface area contributed by atoms with Gasteiger partial charge in [0.2, 0.25) is 5.82 Å². The molecule has 5 nitrogen and oxygen atoms in total. The zero-order valence-corrected chi connectivity index (χ0v) is 9.60. The summed E-state index contributed by atoms with van der Waals surface area (Å²) in [6.07, 6.45) is 2.13. The average Bonchev–Trinajstić information content (AvgIpc) is 2.28. The minimum Gasteiger partial charge on any atom is -0.490 e. The van der Waals surface area contributed by atoms with Crippen LogP contribution in [-0.4, -0.2) is 16.8 Å². The average molecular weight is 253 g/mol. The van der Waals surface area contributed by atoms with Crippen LogP contribution in [0.2, 0.25) is 0 Å². The van der Waals surface area contributed by atoms with Crippen LogP contribution < -0.4 is 4.74 Å². The van der Waals surface area contributed by atoms with Gasteiger partial charge in [-0.3, -0.25) is 14.9 Å². The van der Waals surface area contributed by atoms with Crippen molar-refractivity contribution in [2.24, 2.45) is 0 Å². The van der Waals surface area contributed by atoms with Gasteiger partial charge in [-0.2, -0.15) is 4.39 Å². The molecule has 1 fully saturated rings. The largest absolute Gasteiger partial charge is 0.490 e. The fourth-order valence-electron chi connectivity index (χ4n) is 1.99. The Balaban J connectivity index is 2.08. The lowest BCUT2D eigenvalue weighted by Gasteiger charge is -2.22. The molecule has 1 aromatic carbocycles. The minimum absolute atomic E-state index is 0.133. The molecule has 0 radical (unpaired) electrons. The first kappa shape index (κ1) is 12.5. The second-order valence-electron chi connectivity index (χ2n) is 4.25. The summed E-state index contributed by atoms with van der Waals surface area (Å²) in [5, 5.41) is 10.4. The molecular formula is C12H12FNO4. The summed E-state index contributed by atoms with van der Waals surface area (Å²) in [5.74, 6) is -0.578. The van der Waals surface area contributed by atoms with Crippen LogP contribution in [0.1, 0.15) is 25.7 Å². The van der Waals surface area contributed by atoms with Gasteiger partial charge in [0.1, 0.15) is 17.6 Å². The predicted octanol–water partition coefficient (Wildman–Crippen LogP) is 2.62. The van der Waals surface area contributed by atoms with Crippen molar-refractivity contribution in [1.29, 1.82) is 0 Å². The number of hydrogen-bond donors (Lipinski definition) is 0. The van der Waals surface area contributed by atoms with Crippen molar-refractivity contribution < 1.29 is 18.8 Å². The van der Waals surface area contributed by atoms with Gasteiger partial charge < -0.3 is 4.74 Å². The van der Waals surface area contributed by atoms with Crippen molar-refractivity contribution >= 4 is 11.5 Å². The number of nitrogens with zero attached hydrogens (tertiary/aromatic N) is 1. The lowest BCUT2D eigenvalue weighted by atomic mass is 9.96. The van der Waals surface area contributed by atoms with Gasteiger partial charge in [0.15, 0.2) is 0 Å².